The van der Waals surface area contributed by atoms with Gasteiger partial charge in [0.1, 0.15) is 29.0 Å². The standard InChI is InChI=1S/C29H33NO3/c1-5-30-18-24(19-30)32-22-13-11-20(12-14-22)27-25-16-15-23(31-4)17-26(25)33-29(2,3)28(27)21-9-7-6-8-10-21/h6-17,24,27-28H,5,18-19H2,1-4H3. The van der Waals surface area contributed by atoms with Gasteiger partial charge in [0.25, 0.3) is 0 Å². The van der Waals surface area contributed by atoms with E-state index < -0.39 is 5.60 Å². The third kappa shape index (κ3) is 4.20. The van der Waals surface area contributed by atoms with Crippen LogP contribution >= 0.6 is 0 Å². The molecule has 0 spiro atoms. The van der Waals surface area contributed by atoms with Gasteiger partial charge in [-0.1, -0.05) is 55.5 Å². The number of likely N-dealkylation sites (N-methyl/N-ethyl adjacent to an activating group) is 1. The van der Waals surface area contributed by atoms with E-state index in [-0.39, 0.29) is 11.8 Å². The fourth-order valence-electron chi connectivity index (χ4n) is 5.34. The van der Waals surface area contributed by atoms with E-state index in [1.165, 1.54) is 16.7 Å². The summed E-state index contributed by atoms with van der Waals surface area (Å²) >= 11 is 0. The summed E-state index contributed by atoms with van der Waals surface area (Å²) in [4.78, 5) is 2.39. The molecule has 3 aromatic rings. The van der Waals surface area contributed by atoms with Gasteiger partial charge in [-0.15, -0.1) is 0 Å². The van der Waals surface area contributed by atoms with E-state index in [9.17, 15) is 0 Å². The largest absolute Gasteiger partial charge is 0.497 e. The molecule has 33 heavy (non-hydrogen) atoms. The molecule has 0 amide bonds. The highest BCUT2D eigenvalue weighted by Gasteiger charge is 2.45. The summed E-state index contributed by atoms with van der Waals surface area (Å²) < 4.78 is 18.3. The van der Waals surface area contributed by atoms with Gasteiger partial charge in [-0.2, -0.15) is 0 Å². The summed E-state index contributed by atoms with van der Waals surface area (Å²) in [5.74, 6) is 2.97. The number of methoxy groups -OCH3 is 1. The summed E-state index contributed by atoms with van der Waals surface area (Å²) in [5.41, 5.74) is 3.34. The minimum Gasteiger partial charge on any atom is -0.497 e. The van der Waals surface area contributed by atoms with Gasteiger partial charge in [0.05, 0.1) is 7.11 Å². The number of hydrogen-bond acceptors (Lipinski definition) is 4. The summed E-state index contributed by atoms with van der Waals surface area (Å²) in [6.45, 7) is 9.68. The van der Waals surface area contributed by atoms with Crippen LogP contribution in [0.3, 0.4) is 0 Å². The van der Waals surface area contributed by atoms with Crippen LogP contribution < -0.4 is 14.2 Å². The average Bonchev–Trinajstić information content (AvgIpc) is 2.80. The Morgan fingerprint density at radius 2 is 1.61 bits per heavy atom. The van der Waals surface area contributed by atoms with Gasteiger partial charge in [0.2, 0.25) is 0 Å². The van der Waals surface area contributed by atoms with Crippen molar-refractivity contribution < 1.29 is 14.2 Å². The maximum absolute atomic E-state index is 6.59. The van der Waals surface area contributed by atoms with Crippen molar-refractivity contribution in [3.63, 3.8) is 0 Å². The molecular formula is C29H33NO3. The number of rotatable bonds is 6. The SMILES string of the molecule is CCN1CC(Oc2ccc(C3c4ccc(OC)cc4OC(C)(C)C3c3ccccc3)cc2)C1. The summed E-state index contributed by atoms with van der Waals surface area (Å²) in [6.07, 6.45) is 0.295. The highest BCUT2D eigenvalue weighted by molar-refractivity contribution is 5.52. The maximum atomic E-state index is 6.59. The van der Waals surface area contributed by atoms with Crippen molar-refractivity contribution in [1.29, 1.82) is 0 Å². The molecule has 2 aliphatic rings. The van der Waals surface area contributed by atoms with E-state index in [0.29, 0.717) is 6.10 Å². The molecular weight excluding hydrogens is 410 g/mol. The lowest BCUT2D eigenvalue weighted by Crippen LogP contribution is -2.53. The summed E-state index contributed by atoms with van der Waals surface area (Å²) in [6, 6.07) is 25.6. The Labute approximate surface area is 197 Å². The Morgan fingerprint density at radius 1 is 0.909 bits per heavy atom. The molecule has 4 heteroatoms. The van der Waals surface area contributed by atoms with Gasteiger partial charge < -0.3 is 14.2 Å². The molecule has 1 fully saturated rings. The third-order valence-electron chi connectivity index (χ3n) is 7.08. The Bertz CT molecular complexity index is 1090. The fraction of sp³-hybridized carbons (Fsp3) is 0.379. The Morgan fingerprint density at radius 3 is 2.27 bits per heavy atom. The summed E-state index contributed by atoms with van der Waals surface area (Å²) in [5, 5.41) is 0. The second kappa shape index (κ2) is 8.75. The van der Waals surface area contributed by atoms with E-state index in [2.05, 4.69) is 86.3 Å². The number of hydrogen-bond donors (Lipinski definition) is 0. The normalized spacial score (nSPS) is 22.1. The Hall–Kier alpha value is -2.98. The van der Waals surface area contributed by atoms with Crippen LogP contribution in [0.2, 0.25) is 0 Å². The molecule has 0 bridgehead atoms. The molecule has 0 aliphatic carbocycles. The first-order chi connectivity index (χ1) is 16.0. The van der Waals surface area contributed by atoms with Gasteiger partial charge in [-0.3, -0.25) is 4.90 Å². The molecule has 3 aromatic carbocycles. The lowest BCUT2D eigenvalue weighted by molar-refractivity contribution is 0.0238. The van der Waals surface area contributed by atoms with Crippen LogP contribution in [0.25, 0.3) is 0 Å². The minimum absolute atomic E-state index is 0.158. The van der Waals surface area contributed by atoms with Gasteiger partial charge in [-0.25, -0.2) is 0 Å². The van der Waals surface area contributed by atoms with E-state index in [1.54, 1.807) is 7.11 Å². The average molecular weight is 444 g/mol. The molecule has 172 valence electrons. The summed E-state index contributed by atoms with van der Waals surface area (Å²) in [7, 11) is 1.69. The van der Waals surface area contributed by atoms with Crippen molar-refractivity contribution in [2.24, 2.45) is 0 Å². The number of fused-ring (bicyclic) bond motifs is 1. The molecule has 2 unspecified atom stereocenters. The molecule has 4 nitrogen and oxygen atoms in total. The lowest BCUT2D eigenvalue weighted by atomic mass is 9.68. The fourth-order valence-corrected chi connectivity index (χ4v) is 5.34. The second-order valence-electron chi connectivity index (χ2n) is 9.64. The molecule has 2 aliphatic heterocycles. The number of ether oxygens (including phenoxy) is 3. The second-order valence-corrected chi connectivity index (χ2v) is 9.64. The third-order valence-corrected chi connectivity index (χ3v) is 7.08. The molecule has 1 saturated heterocycles. The minimum atomic E-state index is -0.393. The lowest BCUT2D eigenvalue weighted by Gasteiger charge is -2.45. The number of nitrogens with zero attached hydrogens (tertiary/aromatic N) is 1. The van der Waals surface area contributed by atoms with Gasteiger partial charge >= 0.3 is 0 Å². The number of benzene rings is 3. The van der Waals surface area contributed by atoms with E-state index in [0.717, 1.165) is 36.9 Å². The van der Waals surface area contributed by atoms with Crippen LogP contribution in [0.4, 0.5) is 0 Å². The first-order valence-electron chi connectivity index (χ1n) is 11.9. The molecule has 0 N–H and O–H groups in total. The molecule has 2 atom stereocenters. The smallest absolute Gasteiger partial charge is 0.127 e. The maximum Gasteiger partial charge on any atom is 0.127 e. The van der Waals surface area contributed by atoms with Gasteiger partial charge in [-0.05, 0) is 49.7 Å². The Balaban J connectivity index is 1.52. The molecule has 5 rings (SSSR count). The molecule has 0 radical (unpaired) electrons. The zero-order valence-corrected chi connectivity index (χ0v) is 20.0. The predicted octanol–water partition coefficient (Wildman–Crippen LogP) is 5.86. The zero-order chi connectivity index (χ0) is 23.0. The van der Waals surface area contributed by atoms with Crippen LogP contribution in [-0.4, -0.2) is 43.3 Å². The molecule has 0 aromatic heterocycles. The highest BCUT2D eigenvalue weighted by Crippen LogP contribution is 2.53. The topological polar surface area (TPSA) is 30.9 Å². The highest BCUT2D eigenvalue weighted by atomic mass is 16.5. The predicted molar refractivity (Wildman–Crippen MR) is 132 cm³/mol. The van der Waals surface area contributed by atoms with Crippen LogP contribution in [0.5, 0.6) is 17.2 Å². The van der Waals surface area contributed by atoms with Crippen molar-refractivity contribution in [2.45, 2.75) is 44.3 Å². The molecule has 2 heterocycles. The van der Waals surface area contributed by atoms with Gasteiger partial charge in [0, 0.05) is 36.6 Å². The van der Waals surface area contributed by atoms with E-state index >= 15 is 0 Å². The quantitative estimate of drug-likeness (QED) is 0.477. The van der Waals surface area contributed by atoms with Crippen molar-refractivity contribution >= 4 is 0 Å². The monoisotopic (exact) mass is 443 g/mol. The van der Waals surface area contributed by atoms with Crippen molar-refractivity contribution in [2.75, 3.05) is 26.7 Å². The van der Waals surface area contributed by atoms with Crippen LogP contribution in [-0.2, 0) is 0 Å². The first-order valence-corrected chi connectivity index (χ1v) is 11.9. The van der Waals surface area contributed by atoms with Gasteiger partial charge in [0.15, 0.2) is 0 Å². The Kier molecular flexibility index (Phi) is 5.79. The van der Waals surface area contributed by atoms with Crippen molar-refractivity contribution in [1.82, 2.24) is 4.90 Å². The van der Waals surface area contributed by atoms with Crippen LogP contribution in [0.1, 0.15) is 49.3 Å². The first kappa shape index (κ1) is 21.8. The van der Waals surface area contributed by atoms with Crippen molar-refractivity contribution in [3.05, 3.63) is 89.5 Å². The van der Waals surface area contributed by atoms with E-state index in [1.807, 2.05) is 12.1 Å². The number of likely N-dealkylation sites (tertiary alicyclic amines) is 1. The van der Waals surface area contributed by atoms with Crippen molar-refractivity contribution in [3.8, 4) is 17.2 Å². The zero-order valence-electron chi connectivity index (χ0n) is 20.0. The van der Waals surface area contributed by atoms with Crippen LogP contribution in [0, 0.1) is 0 Å². The molecule has 0 saturated carbocycles. The van der Waals surface area contributed by atoms with E-state index in [4.69, 9.17) is 14.2 Å². The van der Waals surface area contributed by atoms with Crippen LogP contribution in [0.15, 0.2) is 72.8 Å².